The number of carbonyl (C=O) groups is 1. The number of aliphatic hydroxyl groups excluding tert-OH is 2. The molecule has 0 aromatic heterocycles. The van der Waals surface area contributed by atoms with Crippen LogP contribution in [0.2, 0.25) is 0 Å². The van der Waals surface area contributed by atoms with Gasteiger partial charge in [-0.3, -0.25) is 4.79 Å². The summed E-state index contributed by atoms with van der Waals surface area (Å²) in [6.07, 6.45) is 15.8. The van der Waals surface area contributed by atoms with E-state index in [0.29, 0.717) is 6.42 Å². The van der Waals surface area contributed by atoms with Crippen molar-refractivity contribution in [2.45, 2.75) is 83.7 Å². The van der Waals surface area contributed by atoms with E-state index in [9.17, 15) is 4.79 Å². The maximum Gasteiger partial charge on any atom is 0.305 e. The number of esters is 1. The Balaban J connectivity index is 3.24. The number of carbonyl (C=O) groups excluding carboxylic acids is 1. The van der Waals surface area contributed by atoms with Gasteiger partial charge < -0.3 is 14.9 Å². The van der Waals surface area contributed by atoms with Crippen LogP contribution < -0.4 is 0 Å². The normalized spacial score (nSPS) is 12.7. The van der Waals surface area contributed by atoms with Crippen LogP contribution in [0.5, 0.6) is 0 Å². The number of hydrogen-bond donors (Lipinski definition) is 2. The number of aliphatic hydroxyl groups is 2. The fourth-order valence-electron chi connectivity index (χ4n) is 2.12. The molecule has 0 radical (unpaired) electrons. The number of ether oxygens (including phenoxy) is 1. The lowest BCUT2D eigenvalue weighted by molar-refractivity contribution is -0.147. The highest BCUT2D eigenvalue weighted by Gasteiger charge is 2.07. The molecular weight excluding hydrogens is 280 g/mol. The van der Waals surface area contributed by atoms with Crippen LogP contribution in [0, 0.1) is 0 Å². The highest BCUT2D eigenvalue weighted by atomic mass is 16.5. The first-order valence-corrected chi connectivity index (χ1v) is 8.80. The molecule has 130 valence electrons. The SMILES string of the molecule is CCCCC/C=C/CCCCCCCC(=O)OC[C@@H](O)CO. The Morgan fingerprint density at radius 1 is 1.00 bits per heavy atom. The molecular formula is C18H34O4. The third-order valence-electron chi connectivity index (χ3n) is 3.54. The lowest BCUT2D eigenvalue weighted by Gasteiger charge is -2.08. The molecule has 0 bridgehead atoms. The van der Waals surface area contributed by atoms with E-state index in [1.165, 1.54) is 38.5 Å². The molecule has 0 saturated heterocycles. The Hall–Kier alpha value is -0.870. The van der Waals surface area contributed by atoms with E-state index in [0.717, 1.165) is 25.7 Å². The van der Waals surface area contributed by atoms with Gasteiger partial charge in [-0.25, -0.2) is 0 Å². The minimum absolute atomic E-state index is 0.111. The second-order valence-corrected chi connectivity index (χ2v) is 5.79. The summed E-state index contributed by atoms with van der Waals surface area (Å²) < 4.78 is 4.84. The fourth-order valence-corrected chi connectivity index (χ4v) is 2.12. The highest BCUT2D eigenvalue weighted by molar-refractivity contribution is 5.69. The number of unbranched alkanes of at least 4 members (excludes halogenated alkanes) is 8. The summed E-state index contributed by atoms with van der Waals surface area (Å²) in [5, 5.41) is 17.6. The van der Waals surface area contributed by atoms with Crippen molar-refractivity contribution >= 4 is 5.97 Å². The summed E-state index contributed by atoms with van der Waals surface area (Å²) in [7, 11) is 0. The van der Waals surface area contributed by atoms with Gasteiger partial charge in [-0.1, -0.05) is 51.2 Å². The molecule has 0 unspecified atom stereocenters. The topological polar surface area (TPSA) is 66.8 Å². The third kappa shape index (κ3) is 15.5. The predicted octanol–water partition coefficient (Wildman–Crippen LogP) is 3.75. The van der Waals surface area contributed by atoms with Crippen molar-refractivity contribution in [2.75, 3.05) is 13.2 Å². The van der Waals surface area contributed by atoms with Crippen molar-refractivity contribution in [1.82, 2.24) is 0 Å². The average molecular weight is 314 g/mol. The molecule has 0 amide bonds. The summed E-state index contributed by atoms with van der Waals surface area (Å²) >= 11 is 0. The smallest absolute Gasteiger partial charge is 0.305 e. The zero-order valence-corrected chi connectivity index (χ0v) is 14.1. The molecule has 0 rings (SSSR count). The van der Waals surface area contributed by atoms with Crippen LogP contribution in [-0.2, 0) is 9.53 Å². The van der Waals surface area contributed by atoms with E-state index in [2.05, 4.69) is 19.1 Å². The van der Waals surface area contributed by atoms with Crippen LogP contribution >= 0.6 is 0 Å². The van der Waals surface area contributed by atoms with Crippen LogP contribution in [-0.4, -0.2) is 35.5 Å². The van der Waals surface area contributed by atoms with E-state index in [-0.39, 0.29) is 19.2 Å². The lowest BCUT2D eigenvalue weighted by Crippen LogP contribution is -2.21. The Labute approximate surface area is 135 Å². The van der Waals surface area contributed by atoms with Gasteiger partial charge in [0.05, 0.1) is 6.61 Å². The lowest BCUT2D eigenvalue weighted by atomic mass is 10.1. The van der Waals surface area contributed by atoms with Crippen LogP contribution in [0.15, 0.2) is 12.2 Å². The van der Waals surface area contributed by atoms with Crippen LogP contribution in [0.3, 0.4) is 0 Å². The molecule has 0 fully saturated rings. The largest absolute Gasteiger partial charge is 0.463 e. The summed E-state index contributed by atoms with van der Waals surface area (Å²) in [6.45, 7) is 1.74. The van der Waals surface area contributed by atoms with Crippen LogP contribution in [0.4, 0.5) is 0 Å². The van der Waals surface area contributed by atoms with Gasteiger partial charge in [0.1, 0.15) is 12.7 Å². The van der Waals surface area contributed by atoms with Crippen molar-refractivity contribution in [2.24, 2.45) is 0 Å². The minimum atomic E-state index is -0.959. The first kappa shape index (κ1) is 21.1. The molecule has 0 saturated carbocycles. The number of rotatable bonds is 15. The van der Waals surface area contributed by atoms with Crippen molar-refractivity contribution in [3.63, 3.8) is 0 Å². The first-order chi connectivity index (χ1) is 10.7. The summed E-state index contributed by atoms with van der Waals surface area (Å²) in [5.74, 6) is -0.289. The zero-order valence-electron chi connectivity index (χ0n) is 14.1. The van der Waals surface area contributed by atoms with Crippen LogP contribution in [0.1, 0.15) is 77.6 Å². The van der Waals surface area contributed by atoms with E-state index in [4.69, 9.17) is 14.9 Å². The molecule has 0 aliphatic heterocycles. The van der Waals surface area contributed by atoms with E-state index in [1.54, 1.807) is 0 Å². The average Bonchev–Trinajstić information content (AvgIpc) is 2.53. The Morgan fingerprint density at radius 2 is 1.59 bits per heavy atom. The molecule has 0 spiro atoms. The fraction of sp³-hybridized carbons (Fsp3) is 0.833. The summed E-state index contributed by atoms with van der Waals surface area (Å²) in [6, 6.07) is 0. The molecule has 0 heterocycles. The molecule has 0 aromatic carbocycles. The van der Waals surface area contributed by atoms with Gasteiger partial charge in [-0.15, -0.1) is 0 Å². The van der Waals surface area contributed by atoms with Gasteiger partial charge in [0.15, 0.2) is 0 Å². The Bertz CT molecular complexity index is 276. The predicted molar refractivity (Wildman–Crippen MR) is 89.7 cm³/mol. The van der Waals surface area contributed by atoms with E-state index >= 15 is 0 Å². The maximum atomic E-state index is 11.3. The molecule has 22 heavy (non-hydrogen) atoms. The molecule has 4 nitrogen and oxygen atoms in total. The standard InChI is InChI=1S/C18H34O4/c1-2-3-4-5-6-7-8-9-10-11-12-13-14-18(21)22-16-17(20)15-19/h6-7,17,19-20H,2-5,8-16H2,1H3/b7-6+/t17-/m0/s1. The van der Waals surface area contributed by atoms with Crippen molar-refractivity contribution in [3.05, 3.63) is 12.2 Å². The van der Waals surface area contributed by atoms with Gasteiger partial charge in [0.2, 0.25) is 0 Å². The van der Waals surface area contributed by atoms with Crippen molar-refractivity contribution < 1.29 is 19.7 Å². The highest BCUT2D eigenvalue weighted by Crippen LogP contribution is 2.09. The molecule has 0 aliphatic carbocycles. The van der Waals surface area contributed by atoms with Crippen molar-refractivity contribution in [3.8, 4) is 0 Å². The monoisotopic (exact) mass is 314 g/mol. The van der Waals surface area contributed by atoms with Gasteiger partial charge >= 0.3 is 5.97 Å². The molecule has 1 atom stereocenters. The van der Waals surface area contributed by atoms with Gasteiger partial charge in [0.25, 0.3) is 0 Å². The van der Waals surface area contributed by atoms with Gasteiger partial charge in [-0.05, 0) is 32.1 Å². The maximum absolute atomic E-state index is 11.3. The second-order valence-electron chi connectivity index (χ2n) is 5.79. The third-order valence-corrected chi connectivity index (χ3v) is 3.54. The first-order valence-electron chi connectivity index (χ1n) is 8.80. The zero-order chi connectivity index (χ0) is 16.5. The minimum Gasteiger partial charge on any atom is -0.463 e. The van der Waals surface area contributed by atoms with Crippen molar-refractivity contribution in [1.29, 1.82) is 0 Å². The second kappa shape index (κ2) is 16.5. The van der Waals surface area contributed by atoms with Crippen LogP contribution in [0.25, 0.3) is 0 Å². The molecule has 0 aliphatic rings. The number of allylic oxidation sites excluding steroid dienone is 2. The van der Waals surface area contributed by atoms with Gasteiger partial charge in [-0.2, -0.15) is 0 Å². The van der Waals surface area contributed by atoms with Gasteiger partial charge in [0, 0.05) is 6.42 Å². The molecule has 0 aromatic rings. The quantitative estimate of drug-likeness (QED) is 0.274. The molecule has 2 N–H and O–H groups in total. The summed E-state index contributed by atoms with van der Waals surface area (Å²) in [5.41, 5.74) is 0. The Morgan fingerprint density at radius 3 is 2.23 bits per heavy atom. The Kier molecular flexibility index (Phi) is 15.8. The number of hydrogen-bond acceptors (Lipinski definition) is 4. The summed E-state index contributed by atoms with van der Waals surface area (Å²) in [4.78, 5) is 11.3. The van der Waals surface area contributed by atoms with E-state index in [1.807, 2.05) is 0 Å². The molecule has 4 heteroatoms. The van der Waals surface area contributed by atoms with E-state index < -0.39 is 6.10 Å².